The molecule has 32 heavy (non-hydrogen) atoms. The molecule has 0 aliphatic carbocycles. The number of nitrogens with zero attached hydrogens (tertiary/aromatic N) is 4. The van der Waals surface area contributed by atoms with E-state index in [-0.39, 0.29) is 0 Å². The average molecular weight is 435 g/mol. The van der Waals surface area contributed by atoms with E-state index in [1.54, 1.807) is 11.3 Å². The topological polar surface area (TPSA) is 95.6 Å². The number of rotatable bonds is 3. The van der Waals surface area contributed by atoms with Gasteiger partial charge in [0, 0.05) is 32.3 Å². The number of thiophene rings is 1. The number of anilines is 2. The van der Waals surface area contributed by atoms with E-state index in [2.05, 4.69) is 55.9 Å². The first-order chi connectivity index (χ1) is 15.7. The molecule has 0 unspecified atom stereocenters. The molecule has 3 aromatic carbocycles. The number of nitrogens with two attached hydrogens (primary N) is 2. The van der Waals surface area contributed by atoms with Crippen LogP contribution in [0.5, 0.6) is 0 Å². The maximum absolute atomic E-state index is 6.75. The number of hydrogen-bond donors (Lipinski definition) is 2. The fraction of sp³-hybridized carbons (Fsp3) is 0. The van der Waals surface area contributed by atoms with Gasteiger partial charge in [0.05, 0.1) is 21.9 Å². The van der Waals surface area contributed by atoms with Crippen molar-refractivity contribution in [2.45, 2.75) is 0 Å². The van der Waals surface area contributed by atoms with Crippen molar-refractivity contribution < 1.29 is 0 Å². The van der Waals surface area contributed by atoms with Crippen LogP contribution in [0.2, 0.25) is 0 Å². The summed E-state index contributed by atoms with van der Waals surface area (Å²) in [7, 11) is 0. The minimum absolute atomic E-state index is 0.636. The minimum Gasteiger partial charge on any atom is -0.396 e. The summed E-state index contributed by atoms with van der Waals surface area (Å²) >= 11 is 1.58. The molecule has 3 aromatic heterocycles. The maximum Gasteiger partial charge on any atom is 0.162 e. The van der Waals surface area contributed by atoms with E-state index in [0.717, 1.165) is 54.2 Å². The van der Waals surface area contributed by atoms with Crippen LogP contribution in [0.3, 0.4) is 0 Å². The van der Waals surface area contributed by atoms with Crippen molar-refractivity contribution in [3.63, 3.8) is 0 Å². The van der Waals surface area contributed by atoms with Crippen molar-refractivity contribution in [3.05, 3.63) is 85.5 Å². The largest absolute Gasteiger partial charge is 0.396 e. The Balaban J connectivity index is 1.63. The zero-order valence-electron chi connectivity index (χ0n) is 16.9. The first-order valence-corrected chi connectivity index (χ1v) is 10.9. The van der Waals surface area contributed by atoms with Crippen molar-refractivity contribution in [1.82, 2.24) is 19.5 Å². The first kappa shape index (κ1) is 18.5. The molecule has 0 spiro atoms. The van der Waals surface area contributed by atoms with Crippen LogP contribution < -0.4 is 11.5 Å². The molecule has 4 N–H and O–H groups in total. The van der Waals surface area contributed by atoms with E-state index >= 15 is 0 Å². The van der Waals surface area contributed by atoms with Gasteiger partial charge in [-0.2, -0.15) is 0 Å². The molecule has 154 valence electrons. The minimum atomic E-state index is 0.636. The van der Waals surface area contributed by atoms with Crippen molar-refractivity contribution >= 4 is 43.0 Å². The monoisotopic (exact) mass is 434 g/mol. The summed E-state index contributed by atoms with van der Waals surface area (Å²) in [5.41, 5.74) is 18.8. The van der Waals surface area contributed by atoms with E-state index in [9.17, 15) is 0 Å². The SMILES string of the molecule is Nc1sc2ccccc2c1-c1c(N)c2ccccc2n1-c1ccc(-c2ncncn2)cc1. The standard InChI is InChI=1S/C25H18N6S/c26-22-17-5-1-3-7-19(17)31(16-11-9-15(10-12-16)25-29-13-28-14-30-25)23(22)21-18-6-2-4-8-20(18)32-24(21)27/h1-14H,26-27H2. The summed E-state index contributed by atoms with van der Waals surface area (Å²) in [5.74, 6) is 0.636. The summed E-state index contributed by atoms with van der Waals surface area (Å²) in [6, 6.07) is 24.5. The smallest absolute Gasteiger partial charge is 0.162 e. The van der Waals surface area contributed by atoms with Gasteiger partial charge in [-0.1, -0.05) is 36.4 Å². The van der Waals surface area contributed by atoms with Gasteiger partial charge in [0.1, 0.15) is 12.7 Å². The van der Waals surface area contributed by atoms with Crippen LogP contribution in [-0.4, -0.2) is 19.5 Å². The van der Waals surface area contributed by atoms with Crippen molar-refractivity contribution in [3.8, 4) is 28.3 Å². The number of para-hydroxylation sites is 1. The van der Waals surface area contributed by atoms with Crippen LogP contribution in [0.15, 0.2) is 85.5 Å². The van der Waals surface area contributed by atoms with Crippen molar-refractivity contribution in [2.24, 2.45) is 0 Å². The van der Waals surface area contributed by atoms with Gasteiger partial charge in [-0.25, -0.2) is 15.0 Å². The molecule has 6 nitrogen and oxygen atoms in total. The summed E-state index contributed by atoms with van der Waals surface area (Å²) in [5, 5.41) is 2.86. The third-order valence-corrected chi connectivity index (χ3v) is 6.65. The van der Waals surface area contributed by atoms with Crippen LogP contribution >= 0.6 is 11.3 Å². The van der Waals surface area contributed by atoms with Gasteiger partial charge in [-0.15, -0.1) is 11.3 Å². The number of nitrogen functional groups attached to an aromatic ring is 2. The van der Waals surface area contributed by atoms with E-state index in [1.807, 2.05) is 36.4 Å². The second-order valence-corrected chi connectivity index (χ2v) is 8.54. The molecule has 0 aliphatic rings. The van der Waals surface area contributed by atoms with Crippen LogP contribution in [0.25, 0.3) is 49.3 Å². The molecule has 0 bridgehead atoms. The second kappa shape index (κ2) is 7.18. The van der Waals surface area contributed by atoms with Gasteiger partial charge in [-0.3, -0.25) is 0 Å². The molecule has 0 saturated carbocycles. The molecule has 7 heteroatoms. The van der Waals surface area contributed by atoms with Crippen LogP contribution in [0, 0.1) is 0 Å². The highest BCUT2D eigenvalue weighted by molar-refractivity contribution is 7.23. The Kier molecular flexibility index (Phi) is 4.16. The summed E-state index contributed by atoms with van der Waals surface area (Å²) in [4.78, 5) is 12.4. The number of hydrogen-bond acceptors (Lipinski definition) is 6. The number of benzene rings is 3. The van der Waals surface area contributed by atoms with Gasteiger partial charge in [0.15, 0.2) is 5.82 Å². The Hall–Kier alpha value is -4.23. The quantitative estimate of drug-likeness (QED) is 0.382. The summed E-state index contributed by atoms with van der Waals surface area (Å²) < 4.78 is 3.33. The molecular formula is C25H18N6S. The zero-order valence-corrected chi connectivity index (χ0v) is 17.8. The van der Waals surface area contributed by atoms with E-state index in [4.69, 9.17) is 11.5 Å². The fourth-order valence-corrected chi connectivity index (χ4v) is 5.21. The predicted octanol–water partition coefficient (Wildman–Crippen LogP) is 5.53. The average Bonchev–Trinajstić information content (AvgIpc) is 3.32. The van der Waals surface area contributed by atoms with Gasteiger partial charge in [-0.05, 0) is 36.4 Å². The Morgan fingerprint density at radius 2 is 1.44 bits per heavy atom. The number of fused-ring (bicyclic) bond motifs is 2. The first-order valence-electron chi connectivity index (χ1n) is 10.1. The van der Waals surface area contributed by atoms with Crippen molar-refractivity contribution in [2.75, 3.05) is 11.5 Å². The molecule has 0 radical (unpaired) electrons. The number of aromatic nitrogens is 4. The van der Waals surface area contributed by atoms with Crippen molar-refractivity contribution in [1.29, 1.82) is 0 Å². The Morgan fingerprint density at radius 3 is 2.22 bits per heavy atom. The molecule has 0 saturated heterocycles. The third-order valence-electron chi connectivity index (χ3n) is 5.65. The molecular weight excluding hydrogens is 416 g/mol. The summed E-state index contributed by atoms with van der Waals surface area (Å²) in [6.07, 6.45) is 3.00. The molecule has 6 aromatic rings. The lowest BCUT2D eigenvalue weighted by Gasteiger charge is -2.13. The molecule has 0 aliphatic heterocycles. The molecule has 3 heterocycles. The van der Waals surface area contributed by atoms with Gasteiger partial charge >= 0.3 is 0 Å². The molecule has 0 atom stereocenters. The van der Waals surface area contributed by atoms with E-state index < -0.39 is 0 Å². The fourth-order valence-electron chi connectivity index (χ4n) is 4.24. The molecule has 0 amide bonds. The zero-order chi connectivity index (χ0) is 21.7. The van der Waals surface area contributed by atoms with Crippen LogP contribution in [-0.2, 0) is 0 Å². The summed E-state index contributed by atoms with van der Waals surface area (Å²) in [6.45, 7) is 0. The van der Waals surface area contributed by atoms with Crippen LogP contribution in [0.1, 0.15) is 0 Å². The van der Waals surface area contributed by atoms with Gasteiger partial charge in [0.2, 0.25) is 0 Å². The highest BCUT2D eigenvalue weighted by atomic mass is 32.1. The lowest BCUT2D eigenvalue weighted by Crippen LogP contribution is -2.00. The second-order valence-electron chi connectivity index (χ2n) is 7.46. The maximum atomic E-state index is 6.75. The van der Waals surface area contributed by atoms with Gasteiger partial charge < -0.3 is 16.0 Å². The van der Waals surface area contributed by atoms with Gasteiger partial charge in [0.25, 0.3) is 0 Å². The molecule has 6 rings (SSSR count). The third kappa shape index (κ3) is 2.75. The highest BCUT2D eigenvalue weighted by Crippen LogP contribution is 2.47. The normalized spacial score (nSPS) is 11.4. The van der Waals surface area contributed by atoms with E-state index in [0.29, 0.717) is 5.82 Å². The Labute approximate surface area is 187 Å². The lowest BCUT2D eigenvalue weighted by atomic mass is 10.1. The predicted molar refractivity (Wildman–Crippen MR) is 132 cm³/mol. The molecule has 0 fully saturated rings. The Morgan fingerprint density at radius 1 is 0.750 bits per heavy atom. The highest BCUT2D eigenvalue weighted by Gasteiger charge is 2.23. The Bertz CT molecular complexity index is 1580. The van der Waals surface area contributed by atoms with E-state index in [1.165, 1.54) is 12.7 Å². The lowest BCUT2D eigenvalue weighted by molar-refractivity contribution is 1.05. The van der Waals surface area contributed by atoms with Crippen LogP contribution in [0.4, 0.5) is 10.7 Å².